The molecule has 0 saturated heterocycles. The SMILES string of the molecule is CCCC(CC(=O)O)NC(=O)c1cc(Br)ccc1I. The van der Waals surface area contributed by atoms with Gasteiger partial charge in [-0.15, -0.1) is 0 Å². The van der Waals surface area contributed by atoms with Crippen LogP contribution in [0.3, 0.4) is 0 Å². The summed E-state index contributed by atoms with van der Waals surface area (Å²) in [6.45, 7) is 1.96. The van der Waals surface area contributed by atoms with Crippen molar-refractivity contribution in [1.82, 2.24) is 5.32 Å². The maximum absolute atomic E-state index is 12.2. The maximum atomic E-state index is 12.2. The zero-order valence-electron chi connectivity index (χ0n) is 10.5. The second kappa shape index (κ2) is 7.84. The summed E-state index contributed by atoms with van der Waals surface area (Å²) in [6, 6.07) is 5.11. The molecular formula is C13H15BrINO3. The van der Waals surface area contributed by atoms with E-state index in [2.05, 4.69) is 43.8 Å². The van der Waals surface area contributed by atoms with E-state index >= 15 is 0 Å². The fourth-order valence-corrected chi connectivity index (χ4v) is 2.66. The van der Waals surface area contributed by atoms with Gasteiger partial charge in [-0.1, -0.05) is 29.3 Å². The molecule has 1 atom stereocenters. The highest BCUT2D eigenvalue weighted by Crippen LogP contribution is 2.18. The van der Waals surface area contributed by atoms with Crippen molar-refractivity contribution in [3.8, 4) is 0 Å². The summed E-state index contributed by atoms with van der Waals surface area (Å²) in [6.07, 6.45) is 1.43. The molecule has 1 aromatic carbocycles. The molecule has 0 aliphatic carbocycles. The zero-order chi connectivity index (χ0) is 14.4. The summed E-state index contributed by atoms with van der Waals surface area (Å²) in [4.78, 5) is 22.9. The third kappa shape index (κ3) is 5.48. The van der Waals surface area contributed by atoms with Crippen molar-refractivity contribution in [2.24, 2.45) is 0 Å². The number of carbonyl (C=O) groups is 2. The van der Waals surface area contributed by atoms with Gasteiger partial charge >= 0.3 is 5.97 Å². The fourth-order valence-electron chi connectivity index (χ4n) is 1.72. The second-order valence-electron chi connectivity index (χ2n) is 4.18. The molecule has 0 aliphatic rings. The highest BCUT2D eigenvalue weighted by atomic mass is 127. The Morgan fingerprint density at radius 3 is 2.74 bits per heavy atom. The molecule has 19 heavy (non-hydrogen) atoms. The average molecular weight is 440 g/mol. The van der Waals surface area contributed by atoms with Gasteiger partial charge in [0, 0.05) is 14.1 Å². The molecule has 104 valence electrons. The molecule has 0 bridgehead atoms. The minimum atomic E-state index is -0.900. The van der Waals surface area contributed by atoms with Crippen LogP contribution in [0, 0.1) is 3.57 Å². The first kappa shape index (κ1) is 16.4. The Morgan fingerprint density at radius 2 is 2.16 bits per heavy atom. The summed E-state index contributed by atoms with van der Waals surface area (Å²) in [5, 5.41) is 11.6. The Hall–Kier alpha value is -0.630. The molecule has 0 spiro atoms. The van der Waals surface area contributed by atoms with E-state index in [-0.39, 0.29) is 18.4 Å². The Labute approximate surface area is 134 Å². The molecule has 2 N–H and O–H groups in total. The Kier molecular flexibility index (Phi) is 6.78. The van der Waals surface area contributed by atoms with Crippen molar-refractivity contribution in [3.05, 3.63) is 31.8 Å². The van der Waals surface area contributed by atoms with Crippen molar-refractivity contribution < 1.29 is 14.7 Å². The van der Waals surface area contributed by atoms with E-state index in [1.54, 1.807) is 6.07 Å². The van der Waals surface area contributed by atoms with Gasteiger partial charge in [-0.3, -0.25) is 9.59 Å². The molecule has 0 saturated carbocycles. The summed E-state index contributed by atoms with van der Waals surface area (Å²) in [5.41, 5.74) is 0.557. The first-order valence-electron chi connectivity index (χ1n) is 5.91. The maximum Gasteiger partial charge on any atom is 0.305 e. The summed E-state index contributed by atoms with van der Waals surface area (Å²) in [5.74, 6) is -1.13. The molecule has 1 aromatic rings. The number of amides is 1. The lowest BCUT2D eigenvalue weighted by atomic mass is 10.1. The molecule has 0 heterocycles. The van der Waals surface area contributed by atoms with Gasteiger partial charge in [0.15, 0.2) is 0 Å². The normalized spacial score (nSPS) is 11.9. The molecule has 1 unspecified atom stereocenters. The highest BCUT2D eigenvalue weighted by molar-refractivity contribution is 14.1. The van der Waals surface area contributed by atoms with Crippen LogP contribution in [0.25, 0.3) is 0 Å². The minimum Gasteiger partial charge on any atom is -0.481 e. The Morgan fingerprint density at radius 1 is 1.47 bits per heavy atom. The smallest absolute Gasteiger partial charge is 0.305 e. The first-order valence-corrected chi connectivity index (χ1v) is 7.79. The number of aliphatic carboxylic acids is 1. The molecule has 1 rings (SSSR count). The number of benzene rings is 1. The van der Waals surface area contributed by atoms with Crippen molar-refractivity contribution in [2.75, 3.05) is 0 Å². The second-order valence-corrected chi connectivity index (χ2v) is 6.26. The largest absolute Gasteiger partial charge is 0.481 e. The average Bonchev–Trinajstić information content (AvgIpc) is 2.31. The third-order valence-corrected chi connectivity index (χ3v) is 4.00. The van der Waals surface area contributed by atoms with E-state index < -0.39 is 5.97 Å². The number of nitrogens with one attached hydrogen (secondary N) is 1. The highest BCUT2D eigenvalue weighted by Gasteiger charge is 2.17. The molecule has 0 radical (unpaired) electrons. The first-order chi connectivity index (χ1) is 8.93. The Balaban J connectivity index is 2.81. The minimum absolute atomic E-state index is 0.0514. The molecular weight excluding hydrogens is 425 g/mol. The van der Waals surface area contributed by atoms with E-state index in [4.69, 9.17) is 5.11 Å². The predicted molar refractivity (Wildman–Crippen MR) is 85.3 cm³/mol. The van der Waals surface area contributed by atoms with Crippen LogP contribution in [0.1, 0.15) is 36.5 Å². The van der Waals surface area contributed by atoms with Gasteiger partial charge in [-0.05, 0) is 47.2 Å². The van der Waals surface area contributed by atoms with Crippen LogP contribution in [-0.4, -0.2) is 23.0 Å². The summed E-state index contributed by atoms with van der Waals surface area (Å²) >= 11 is 5.41. The molecule has 0 aromatic heterocycles. The Bertz CT molecular complexity index is 479. The van der Waals surface area contributed by atoms with Crippen LogP contribution in [0.5, 0.6) is 0 Å². The molecule has 0 fully saturated rings. The van der Waals surface area contributed by atoms with Crippen LogP contribution in [0.15, 0.2) is 22.7 Å². The fraction of sp³-hybridized carbons (Fsp3) is 0.385. The van der Waals surface area contributed by atoms with Gasteiger partial charge < -0.3 is 10.4 Å². The van der Waals surface area contributed by atoms with Crippen LogP contribution in [0.2, 0.25) is 0 Å². The molecule has 4 nitrogen and oxygen atoms in total. The number of halogens is 2. The number of hydrogen-bond donors (Lipinski definition) is 2. The van der Waals surface area contributed by atoms with E-state index in [1.165, 1.54) is 0 Å². The zero-order valence-corrected chi connectivity index (χ0v) is 14.2. The monoisotopic (exact) mass is 439 g/mol. The van der Waals surface area contributed by atoms with Gasteiger partial charge in [0.1, 0.15) is 0 Å². The van der Waals surface area contributed by atoms with Crippen molar-refractivity contribution in [3.63, 3.8) is 0 Å². The number of rotatable bonds is 6. The third-order valence-electron chi connectivity index (χ3n) is 2.57. The van der Waals surface area contributed by atoms with E-state index in [0.717, 1.165) is 14.5 Å². The van der Waals surface area contributed by atoms with Crippen molar-refractivity contribution in [1.29, 1.82) is 0 Å². The standard InChI is InChI=1S/C13H15BrINO3/c1-2-3-9(7-12(17)18)16-13(19)10-6-8(14)4-5-11(10)15/h4-6,9H,2-3,7H2,1H3,(H,16,19)(H,17,18). The topological polar surface area (TPSA) is 66.4 Å². The van der Waals surface area contributed by atoms with E-state index in [0.29, 0.717) is 12.0 Å². The quantitative estimate of drug-likeness (QED) is 0.667. The summed E-state index contributed by atoms with van der Waals surface area (Å²) < 4.78 is 1.66. The molecule has 6 heteroatoms. The van der Waals surface area contributed by atoms with Gasteiger partial charge in [0.25, 0.3) is 5.91 Å². The van der Waals surface area contributed by atoms with Gasteiger partial charge in [0.2, 0.25) is 0 Å². The number of hydrogen-bond acceptors (Lipinski definition) is 2. The van der Waals surface area contributed by atoms with Crippen LogP contribution in [0.4, 0.5) is 0 Å². The van der Waals surface area contributed by atoms with Crippen molar-refractivity contribution in [2.45, 2.75) is 32.2 Å². The van der Waals surface area contributed by atoms with Crippen LogP contribution >= 0.6 is 38.5 Å². The summed E-state index contributed by atoms with van der Waals surface area (Å²) in [7, 11) is 0. The van der Waals surface area contributed by atoms with Crippen LogP contribution < -0.4 is 5.32 Å². The number of carboxylic acids is 1. The lowest BCUT2D eigenvalue weighted by molar-refractivity contribution is -0.137. The number of carbonyl (C=O) groups excluding carboxylic acids is 1. The van der Waals surface area contributed by atoms with Crippen molar-refractivity contribution >= 4 is 50.4 Å². The van der Waals surface area contributed by atoms with E-state index in [1.807, 2.05) is 19.1 Å². The lowest BCUT2D eigenvalue weighted by Gasteiger charge is -2.16. The number of carboxylic acid groups (broad SMARTS) is 1. The molecule has 1 amide bonds. The van der Waals surface area contributed by atoms with E-state index in [9.17, 15) is 9.59 Å². The van der Waals surface area contributed by atoms with Gasteiger partial charge in [-0.2, -0.15) is 0 Å². The molecule has 0 aliphatic heterocycles. The van der Waals surface area contributed by atoms with Gasteiger partial charge in [0.05, 0.1) is 12.0 Å². The predicted octanol–water partition coefficient (Wildman–Crippen LogP) is 3.43. The van der Waals surface area contributed by atoms with Crippen LogP contribution in [-0.2, 0) is 4.79 Å². The van der Waals surface area contributed by atoms with Gasteiger partial charge in [-0.25, -0.2) is 0 Å². The lowest BCUT2D eigenvalue weighted by Crippen LogP contribution is -2.36.